The molecule has 3 rings (SSSR count). The fourth-order valence-electron chi connectivity index (χ4n) is 1.90. The summed E-state index contributed by atoms with van der Waals surface area (Å²) >= 11 is 9.02. The van der Waals surface area contributed by atoms with Crippen LogP contribution >= 0.6 is 27.5 Å². The van der Waals surface area contributed by atoms with E-state index < -0.39 is 11.7 Å². The van der Waals surface area contributed by atoms with E-state index in [1.54, 1.807) is 0 Å². The monoisotopic (exact) mass is 394 g/mol. The zero-order valence-corrected chi connectivity index (χ0v) is 13.9. The van der Waals surface area contributed by atoms with E-state index in [1.165, 1.54) is 24.3 Å². The molecule has 1 aromatic heterocycles. The summed E-state index contributed by atoms with van der Waals surface area (Å²) in [4.78, 5) is 12.1. The summed E-state index contributed by atoms with van der Waals surface area (Å²) in [5, 5.41) is 6.25. The van der Waals surface area contributed by atoms with Gasteiger partial charge in [-0.05, 0) is 30.3 Å². The second-order valence-electron chi connectivity index (χ2n) is 4.67. The lowest BCUT2D eigenvalue weighted by Crippen LogP contribution is -2.12. The quantitative estimate of drug-likeness (QED) is 0.667. The number of halogens is 3. The summed E-state index contributed by atoms with van der Waals surface area (Å²) in [5.74, 6) is -0.553. The molecule has 0 spiro atoms. The Balaban J connectivity index is 1.78. The summed E-state index contributed by atoms with van der Waals surface area (Å²) in [7, 11) is 0. The van der Waals surface area contributed by atoms with Crippen molar-refractivity contribution < 1.29 is 13.7 Å². The molecule has 7 heteroatoms. The molecular formula is C16H9BrClFN2O2. The summed E-state index contributed by atoms with van der Waals surface area (Å²) < 4.78 is 19.2. The number of amides is 1. The van der Waals surface area contributed by atoms with E-state index >= 15 is 0 Å². The Labute approximate surface area is 144 Å². The fourth-order valence-corrected chi connectivity index (χ4v) is 2.35. The first kappa shape index (κ1) is 15.7. The zero-order chi connectivity index (χ0) is 16.4. The molecular weight excluding hydrogens is 387 g/mol. The molecule has 0 aliphatic carbocycles. The fraction of sp³-hybridized carbons (Fsp3) is 0. The van der Waals surface area contributed by atoms with E-state index in [2.05, 4.69) is 26.4 Å². The maximum Gasteiger partial charge on any atom is 0.277 e. The van der Waals surface area contributed by atoms with Crippen LogP contribution in [0.5, 0.6) is 0 Å². The maximum absolute atomic E-state index is 13.1. The Morgan fingerprint density at radius 1 is 1.17 bits per heavy atom. The van der Waals surface area contributed by atoms with Gasteiger partial charge in [0.25, 0.3) is 5.91 Å². The second-order valence-corrected chi connectivity index (χ2v) is 5.99. The summed E-state index contributed by atoms with van der Waals surface area (Å²) in [5.41, 5.74) is 1.28. The Kier molecular flexibility index (Phi) is 4.45. The highest BCUT2D eigenvalue weighted by Crippen LogP contribution is 2.23. The number of aromatic nitrogens is 1. The Morgan fingerprint density at radius 2 is 1.91 bits per heavy atom. The van der Waals surface area contributed by atoms with Crippen LogP contribution in [0.15, 0.2) is 57.5 Å². The van der Waals surface area contributed by atoms with Gasteiger partial charge in [-0.25, -0.2) is 4.39 Å². The van der Waals surface area contributed by atoms with Crippen molar-refractivity contribution in [2.45, 2.75) is 0 Å². The smallest absolute Gasteiger partial charge is 0.277 e. The van der Waals surface area contributed by atoms with E-state index in [0.717, 1.165) is 10.0 Å². The van der Waals surface area contributed by atoms with Crippen molar-refractivity contribution in [3.8, 4) is 11.3 Å². The predicted octanol–water partition coefficient (Wildman–Crippen LogP) is 5.15. The van der Waals surface area contributed by atoms with Crippen LogP contribution in [0.3, 0.4) is 0 Å². The van der Waals surface area contributed by atoms with Gasteiger partial charge in [-0.1, -0.05) is 44.8 Å². The first-order chi connectivity index (χ1) is 11.0. The molecule has 0 fully saturated rings. The molecule has 1 heterocycles. The van der Waals surface area contributed by atoms with Gasteiger partial charge in [0.15, 0.2) is 11.5 Å². The number of carbonyl (C=O) groups is 1. The van der Waals surface area contributed by atoms with Crippen molar-refractivity contribution in [2.75, 3.05) is 5.32 Å². The number of hydrogen-bond acceptors (Lipinski definition) is 3. The summed E-state index contributed by atoms with van der Waals surface area (Å²) in [6.07, 6.45) is 0. The molecule has 0 unspecified atom stereocenters. The molecule has 1 N–H and O–H groups in total. The van der Waals surface area contributed by atoms with Gasteiger partial charge in [0, 0.05) is 21.8 Å². The van der Waals surface area contributed by atoms with Crippen molar-refractivity contribution in [1.82, 2.24) is 5.16 Å². The van der Waals surface area contributed by atoms with Crippen molar-refractivity contribution in [1.29, 1.82) is 0 Å². The van der Waals surface area contributed by atoms with Gasteiger partial charge in [-0.3, -0.25) is 4.79 Å². The number of anilines is 1. The molecule has 0 aliphatic heterocycles. The lowest BCUT2D eigenvalue weighted by atomic mass is 10.1. The zero-order valence-electron chi connectivity index (χ0n) is 11.5. The molecule has 0 radical (unpaired) electrons. The number of rotatable bonds is 3. The highest BCUT2D eigenvalue weighted by Gasteiger charge is 2.14. The average molecular weight is 396 g/mol. The summed E-state index contributed by atoms with van der Waals surface area (Å²) in [6.45, 7) is 0. The van der Waals surface area contributed by atoms with Gasteiger partial charge in [0.2, 0.25) is 0 Å². The van der Waals surface area contributed by atoms with Crippen LogP contribution in [0.1, 0.15) is 10.5 Å². The lowest BCUT2D eigenvalue weighted by molar-refractivity contribution is 0.101. The van der Waals surface area contributed by atoms with Crippen LogP contribution in [0, 0.1) is 5.82 Å². The van der Waals surface area contributed by atoms with Crippen molar-refractivity contribution in [3.05, 3.63) is 69.5 Å². The molecule has 116 valence electrons. The van der Waals surface area contributed by atoms with Crippen LogP contribution in [0.25, 0.3) is 11.3 Å². The molecule has 0 bridgehead atoms. The van der Waals surface area contributed by atoms with Gasteiger partial charge >= 0.3 is 0 Å². The van der Waals surface area contributed by atoms with E-state index in [1.807, 2.05) is 24.3 Å². The van der Waals surface area contributed by atoms with Crippen LogP contribution in [-0.2, 0) is 0 Å². The largest absolute Gasteiger partial charge is 0.355 e. The molecule has 0 saturated carbocycles. The number of nitrogens with one attached hydrogen (secondary N) is 1. The molecule has 4 nitrogen and oxygen atoms in total. The number of hydrogen-bond donors (Lipinski definition) is 1. The number of nitrogens with zero attached hydrogens (tertiary/aromatic N) is 1. The first-order valence-electron chi connectivity index (χ1n) is 6.52. The normalized spacial score (nSPS) is 10.6. The third kappa shape index (κ3) is 3.60. The van der Waals surface area contributed by atoms with Gasteiger partial charge in [-0.2, -0.15) is 0 Å². The third-order valence-electron chi connectivity index (χ3n) is 3.05. The Hall–Kier alpha value is -2.18. The first-order valence-corrected chi connectivity index (χ1v) is 7.69. The van der Waals surface area contributed by atoms with E-state index in [0.29, 0.717) is 11.4 Å². The van der Waals surface area contributed by atoms with Crippen LogP contribution in [0.4, 0.5) is 10.1 Å². The van der Waals surface area contributed by atoms with Crippen LogP contribution in [0.2, 0.25) is 5.02 Å². The average Bonchev–Trinajstić information content (AvgIpc) is 3.02. The Bertz CT molecular complexity index is 865. The molecule has 23 heavy (non-hydrogen) atoms. The van der Waals surface area contributed by atoms with Crippen molar-refractivity contribution in [3.63, 3.8) is 0 Å². The van der Waals surface area contributed by atoms with E-state index in [9.17, 15) is 9.18 Å². The van der Waals surface area contributed by atoms with Gasteiger partial charge < -0.3 is 9.84 Å². The second kappa shape index (κ2) is 6.52. The van der Waals surface area contributed by atoms with E-state index in [4.69, 9.17) is 16.1 Å². The lowest BCUT2D eigenvalue weighted by Gasteiger charge is -2.03. The highest BCUT2D eigenvalue weighted by atomic mass is 79.9. The van der Waals surface area contributed by atoms with Crippen molar-refractivity contribution >= 4 is 39.1 Å². The molecule has 2 aromatic carbocycles. The van der Waals surface area contributed by atoms with E-state index in [-0.39, 0.29) is 10.7 Å². The predicted molar refractivity (Wildman–Crippen MR) is 89.0 cm³/mol. The van der Waals surface area contributed by atoms with Gasteiger partial charge in [0.1, 0.15) is 5.82 Å². The topological polar surface area (TPSA) is 55.1 Å². The maximum atomic E-state index is 13.1. The van der Waals surface area contributed by atoms with Crippen molar-refractivity contribution in [2.24, 2.45) is 0 Å². The number of benzene rings is 2. The SMILES string of the molecule is O=C(Nc1ccc(F)c(Cl)c1)c1cc(-c2ccc(Br)cc2)on1. The molecule has 1 amide bonds. The summed E-state index contributed by atoms with van der Waals surface area (Å²) in [6, 6.07) is 12.8. The highest BCUT2D eigenvalue weighted by molar-refractivity contribution is 9.10. The van der Waals surface area contributed by atoms with Gasteiger partial charge in [-0.15, -0.1) is 0 Å². The minimum Gasteiger partial charge on any atom is -0.355 e. The minimum absolute atomic E-state index is 0.0708. The Morgan fingerprint density at radius 3 is 2.61 bits per heavy atom. The molecule has 0 aliphatic rings. The third-order valence-corrected chi connectivity index (χ3v) is 3.87. The van der Waals surface area contributed by atoms with Crippen LogP contribution in [-0.4, -0.2) is 11.1 Å². The molecule has 0 atom stereocenters. The molecule has 3 aromatic rings. The number of carbonyl (C=O) groups excluding carboxylic acids is 1. The van der Waals surface area contributed by atoms with Gasteiger partial charge in [0.05, 0.1) is 5.02 Å². The standard InChI is InChI=1S/C16H9BrClFN2O2/c17-10-3-1-9(2-4-10)15-8-14(21-23-15)16(22)20-11-5-6-13(19)12(18)7-11/h1-8H,(H,20,22). The molecule has 0 saturated heterocycles. The minimum atomic E-state index is -0.552. The van der Waals surface area contributed by atoms with Crippen LogP contribution < -0.4 is 5.32 Å².